The maximum atomic E-state index is 13.3. The summed E-state index contributed by atoms with van der Waals surface area (Å²) in [7, 11) is 0. The fraction of sp³-hybridized carbons (Fsp3) is 0.400. The van der Waals surface area contributed by atoms with Crippen LogP contribution in [0.25, 0.3) is 0 Å². The number of hydrogen-bond acceptors (Lipinski definition) is 0. The molecule has 0 aliphatic heterocycles. The van der Waals surface area contributed by atoms with E-state index >= 15 is 0 Å². The first-order valence-corrected chi connectivity index (χ1v) is 3.98. The molecule has 1 rings (SSSR count). The lowest BCUT2D eigenvalue weighted by atomic mass is 9.95. The van der Waals surface area contributed by atoms with Crippen molar-refractivity contribution in [3.05, 3.63) is 35.9 Å². The first-order chi connectivity index (χ1) is 5.86. The van der Waals surface area contributed by atoms with Crippen molar-refractivity contribution in [2.75, 3.05) is 0 Å². The second kappa shape index (κ2) is 3.05. The molecule has 0 bridgehead atoms. The van der Waals surface area contributed by atoms with Crippen LogP contribution in [-0.4, -0.2) is 5.67 Å². The maximum absolute atomic E-state index is 13.3. The molecule has 0 N–H and O–H groups in total. The van der Waals surface area contributed by atoms with E-state index in [0.717, 1.165) is 13.8 Å². The summed E-state index contributed by atoms with van der Waals surface area (Å²) in [6, 6.07) is 7.00. The molecular weight excluding hydrogens is 177 g/mol. The van der Waals surface area contributed by atoms with Gasteiger partial charge in [-0.1, -0.05) is 30.3 Å². The Morgan fingerprint density at radius 2 is 1.38 bits per heavy atom. The maximum Gasteiger partial charge on any atom is 0.305 e. The average molecular weight is 188 g/mol. The van der Waals surface area contributed by atoms with Gasteiger partial charge in [-0.2, -0.15) is 8.78 Å². The van der Waals surface area contributed by atoms with Crippen LogP contribution in [0, 0.1) is 0 Å². The summed E-state index contributed by atoms with van der Waals surface area (Å²) in [5.41, 5.74) is -2.82. The van der Waals surface area contributed by atoms with Gasteiger partial charge in [-0.05, 0) is 13.8 Å². The summed E-state index contributed by atoms with van der Waals surface area (Å²) in [6.07, 6.45) is 0. The molecule has 0 unspecified atom stereocenters. The number of benzene rings is 1. The van der Waals surface area contributed by atoms with Gasteiger partial charge < -0.3 is 0 Å². The molecule has 1 aromatic carbocycles. The van der Waals surface area contributed by atoms with E-state index in [1.165, 1.54) is 24.3 Å². The third-order valence-electron chi connectivity index (χ3n) is 1.88. The standard InChI is InChI=1S/C10H11F3/c1-9(2,11)10(12,13)8-6-4-3-5-7-8/h3-7H,1-2H3. The highest BCUT2D eigenvalue weighted by atomic mass is 19.3. The molecule has 0 heterocycles. The number of halogens is 3. The minimum Gasteiger partial charge on any atom is -0.237 e. The molecule has 0 saturated carbocycles. The summed E-state index contributed by atoms with van der Waals surface area (Å²) in [5.74, 6) is -3.44. The molecule has 13 heavy (non-hydrogen) atoms. The lowest BCUT2D eigenvalue weighted by molar-refractivity contribution is -0.127. The van der Waals surface area contributed by atoms with Crippen molar-refractivity contribution in [3.8, 4) is 0 Å². The largest absolute Gasteiger partial charge is 0.305 e. The van der Waals surface area contributed by atoms with Crippen LogP contribution in [0.5, 0.6) is 0 Å². The molecule has 1 aromatic rings. The predicted octanol–water partition coefficient (Wildman–Crippen LogP) is 3.53. The third-order valence-corrected chi connectivity index (χ3v) is 1.88. The summed E-state index contributed by atoms with van der Waals surface area (Å²) in [4.78, 5) is 0. The van der Waals surface area contributed by atoms with Gasteiger partial charge in [0.25, 0.3) is 0 Å². The lowest BCUT2D eigenvalue weighted by Crippen LogP contribution is -2.36. The first-order valence-electron chi connectivity index (χ1n) is 3.98. The molecule has 72 valence electrons. The molecule has 0 amide bonds. The van der Waals surface area contributed by atoms with Gasteiger partial charge in [0.1, 0.15) is 0 Å². The van der Waals surface area contributed by atoms with Crippen molar-refractivity contribution < 1.29 is 13.2 Å². The van der Waals surface area contributed by atoms with Crippen LogP contribution < -0.4 is 0 Å². The molecule has 3 heteroatoms. The SMILES string of the molecule is CC(C)(F)C(F)(F)c1ccccc1. The predicted molar refractivity (Wildman–Crippen MR) is 45.5 cm³/mol. The quantitative estimate of drug-likeness (QED) is 0.666. The number of alkyl halides is 3. The normalized spacial score (nSPS) is 13.0. The minimum absolute atomic E-state index is 0.289. The lowest BCUT2D eigenvalue weighted by Gasteiger charge is -2.26. The summed E-state index contributed by atoms with van der Waals surface area (Å²) >= 11 is 0. The van der Waals surface area contributed by atoms with E-state index in [-0.39, 0.29) is 5.56 Å². The zero-order valence-electron chi connectivity index (χ0n) is 7.52. The van der Waals surface area contributed by atoms with Crippen LogP contribution in [0.3, 0.4) is 0 Å². The van der Waals surface area contributed by atoms with Gasteiger partial charge >= 0.3 is 5.92 Å². The van der Waals surface area contributed by atoms with E-state index in [2.05, 4.69) is 0 Å². The van der Waals surface area contributed by atoms with Gasteiger partial charge in [0.2, 0.25) is 0 Å². The second-order valence-corrected chi connectivity index (χ2v) is 3.41. The molecule has 0 fully saturated rings. The Morgan fingerprint density at radius 3 is 1.77 bits per heavy atom. The zero-order chi connectivity index (χ0) is 10.1. The fourth-order valence-electron chi connectivity index (χ4n) is 0.991. The summed E-state index contributed by atoms with van der Waals surface area (Å²) in [5, 5.41) is 0. The van der Waals surface area contributed by atoms with E-state index in [1.807, 2.05) is 0 Å². The highest BCUT2D eigenvalue weighted by molar-refractivity contribution is 5.22. The van der Waals surface area contributed by atoms with Crippen molar-refractivity contribution in [2.45, 2.75) is 25.4 Å². The van der Waals surface area contributed by atoms with Gasteiger partial charge in [-0.3, -0.25) is 0 Å². The minimum atomic E-state index is -3.44. The van der Waals surface area contributed by atoms with Crippen LogP contribution in [0.4, 0.5) is 13.2 Å². The fourth-order valence-corrected chi connectivity index (χ4v) is 0.991. The van der Waals surface area contributed by atoms with Crippen molar-refractivity contribution >= 4 is 0 Å². The topological polar surface area (TPSA) is 0 Å². The van der Waals surface area contributed by atoms with Crippen LogP contribution >= 0.6 is 0 Å². The highest BCUT2D eigenvalue weighted by Crippen LogP contribution is 2.40. The van der Waals surface area contributed by atoms with E-state index < -0.39 is 11.6 Å². The van der Waals surface area contributed by atoms with E-state index in [9.17, 15) is 13.2 Å². The zero-order valence-corrected chi connectivity index (χ0v) is 7.52. The second-order valence-electron chi connectivity index (χ2n) is 3.41. The van der Waals surface area contributed by atoms with Crippen molar-refractivity contribution in [1.82, 2.24) is 0 Å². The van der Waals surface area contributed by atoms with Crippen molar-refractivity contribution in [2.24, 2.45) is 0 Å². The van der Waals surface area contributed by atoms with Crippen LogP contribution in [0.15, 0.2) is 30.3 Å². The van der Waals surface area contributed by atoms with E-state index in [0.29, 0.717) is 0 Å². The van der Waals surface area contributed by atoms with E-state index in [1.54, 1.807) is 6.07 Å². The summed E-state index contributed by atoms with van der Waals surface area (Å²) in [6.45, 7) is 1.75. The average Bonchev–Trinajstić information content (AvgIpc) is 2.04. The Kier molecular flexibility index (Phi) is 2.37. The Balaban J connectivity index is 3.08. The van der Waals surface area contributed by atoms with Crippen molar-refractivity contribution in [1.29, 1.82) is 0 Å². The monoisotopic (exact) mass is 188 g/mol. The molecule has 0 aliphatic carbocycles. The number of rotatable bonds is 2. The molecule has 0 aliphatic rings. The van der Waals surface area contributed by atoms with E-state index in [4.69, 9.17) is 0 Å². The molecule has 0 spiro atoms. The molecule has 0 aromatic heterocycles. The Bertz CT molecular complexity index is 272. The van der Waals surface area contributed by atoms with Gasteiger partial charge in [0.05, 0.1) is 0 Å². The molecule has 0 saturated heterocycles. The Labute approximate surface area is 75.4 Å². The van der Waals surface area contributed by atoms with Crippen molar-refractivity contribution in [3.63, 3.8) is 0 Å². The Hall–Kier alpha value is -0.990. The molecular formula is C10H11F3. The molecule has 0 nitrogen and oxygen atoms in total. The number of hydrogen-bond donors (Lipinski definition) is 0. The third kappa shape index (κ3) is 1.85. The van der Waals surface area contributed by atoms with Crippen LogP contribution in [0.2, 0.25) is 0 Å². The first kappa shape index (κ1) is 10.1. The highest BCUT2D eigenvalue weighted by Gasteiger charge is 2.48. The van der Waals surface area contributed by atoms with Crippen LogP contribution in [-0.2, 0) is 5.92 Å². The van der Waals surface area contributed by atoms with Gasteiger partial charge in [-0.15, -0.1) is 0 Å². The molecule has 0 radical (unpaired) electrons. The smallest absolute Gasteiger partial charge is 0.237 e. The molecule has 0 atom stereocenters. The van der Waals surface area contributed by atoms with Gasteiger partial charge in [0, 0.05) is 5.56 Å². The van der Waals surface area contributed by atoms with Crippen LogP contribution in [0.1, 0.15) is 19.4 Å². The van der Waals surface area contributed by atoms with Gasteiger partial charge in [-0.25, -0.2) is 4.39 Å². The van der Waals surface area contributed by atoms with Gasteiger partial charge in [0.15, 0.2) is 5.67 Å². The summed E-state index contributed by atoms with van der Waals surface area (Å²) < 4.78 is 39.7. The Morgan fingerprint density at radius 1 is 0.923 bits per heavy atom.